The highest BCUT2D eigenvalue weighted by atomic mass is 35.5. The Labute approximate surface area is 202 Å². The molecule has 0 radical (unpaired) electrons. The molecule has 0 aliphatic carbocycles. The number of benzene rings is 4. The average Bonchev–Trinajstić information content (AvgIpc) is 2.84. The molecule has 34 heavy (non-hydrogen) atoms. The summed E-state index contributed by atoms with van der Waals surface area (Å²) in [5, 5.41) is 0.609. The van der Waals surface area contributed by atoms with E-state index in [4.69, 9.17) is 20.6 Å². The first kappa shape index (κ1) is 23.5. The number of rotatable bonds is 8. The number of halogens is 1. The van der Waals surface area contributed by atoms with Gasteiger partial charge in [0.25, 0.3) is 0 Å². The first-order valence-corrected chi connectivity index (χ1v) is 12.2. The summed E-state index contributed by atoms with van der Waals surface area (Å²) >= 11 is 5.98. The zero-order valence-corrected chi connectivity index (χ0v) is 19.5. The van der Waals surface area contributed by atoms with Crippen molar-refractivity contribution in [3.05, 3.63) is 131 Å². The summed E-state index contributed by atoms with van der Waals surface area (Å²) in [7, 11) is -4.40. The van der Waals surface area contributed by atoms with E-state index < -0.39 is 7.82 Å². The summed E-state index contributed by atoms with van der Waals surface area (Å²) in [6, 6.07) is 30.7. The summed E-state index contributed by atoms with van der Waals surface area (Å²) in [6.45, 7) is 0. The predicted octanol–water partition coefficient (Wildman–Crippen LogP) is 7.32. The molecule has 1 atom stereocenters. The highest BCUT2D eigenvalue weighted by Crippen LogP contribution is 2.44. The van der Waals surface area contributed by atoms with Crippen LogP contribution in [0.1, 0.15) is 21.5 Å². The molecule has 4 rings (SSSR count). The molecule has 170 valence electrons. The molecule has 4 aromatic rings. The first-order chi connectivity index (χ1) is 16.4. The average molecular weight is 491 g/mol. The van der Waals surface area contributed by atoms with Crippen LogP contribution < -0.4 is 9.05 Å². The maximum Gasteiger partial charge on any atom is 0.584 e. The van der Waals surface area contributed by atoms with E-state index in [1.165, 1.54) is 12.1 Å². The van der Waals surface area contributed by atoms with Crippen molar-refractivity contribution in [3.8, 4) is 11.5 Å². The van der Waals surface area contributed by atoms with Crippen LogP contribution in [0.5, 0.6) is 11.5 Å². The third-order valence-corrected chi connectivity index (χ3v) is 5.95. The van der Waals surface area contributed by atoms with Crippen LogP contribution in [-0.2, 0) is 4.57 Å². The van der Waals surface area contributed by atoms with E-state index in [0.717, 1.165) is 11.1 Å². The molecule has 7 heteroatoms. The molecule has 0 amide bonds. The second-order valence-corrected chi connectivity index (χ2v) is 9.03. The lowest BCUT2D eigenvalue weighted by molar-refractivity contribution is 0.105. The van der Waals surface area contributed by atoms with Gasteiger partial charge in [-0.3, -0.25) is 9.69 Å². The van der Waals surface area contributed by atoms with Crippen LogP contribution in [0.15, 0.2) is 109 Å². The molecule has 0 aliphatic rings. The molecule has 0 spiro atoms. The maximum absolute atomic E-state index is 13.4. The number of Topliss-reactive ketones (excluding diaryl/α,β-unsaturated/α-hetero) is 1. The highest BCUT2D eigenvalue weighted by Gasteiger charge is 2.25. The van der Waals surface area contributed by atoms with Gasteiger partial charge >= 0.3 is 7.82 Å². The Hall–Kier alpha value is -3.63. The van der Waals surface area contributed by atoms with Crippen molar-refractivity contribution >= 4 is 36.9 Å². The van der Waals surface area contributed by atoms with E-state index in [1.54, 1.807) is 60.7 Å². The molecule has 0 saturated heterocycles. The minimum absolute atomic E-state index is 0.0984. The van der Waals surface area contributed by atoms with E-state index in [2.05, 4.69) is 0 Å². The molecular weight excluding hydrogens is 471 g/mol. The van der Waals surface area contributed by atoms with Crippen molar-refractivity contribution in [2.75, 3.05) is 0 Å². The highest BCUT2D eigenvalue weighted by molar-refractivity contribution is 7.48. The lowest BCUT2D eigenvalue weighted by Crippen LogP contribution is -2.04. The van der Waals surface area contributed by atoms with Gasteiger partial charge in [0.2, 0.25) is 0 Å². The Bertz CT molecular complexity index is 1340. The van der Waals surface area contributed by atoms with Gasteiger partial charge in [-0.1, -0.05) is 72.3 Å². The minimum Gasteiger partial charge on any atom is -0.395 e. The molecule has 1 unspecified atom stereocenters. The fourth-order valence-corrected chi connectivity index (χ4v) is 4.15. The van der Waals surface area contributed by atoms with Crippen molar-refractivity contribution in [2.45, 2.75) is 0 Å². The van der Waals surface area contributed by atoms with Gasteiger partial charge in [-0.25, -0.2) is 4.57 Å². The molecule has 0 aromatic heterocycles. The molecule has 5 nitrogen and oxygen atoms in total. The van der Waals surface area contributed by atoms with Gasteiger partial charge in [-0.05, 0) is 65.7 Å². The zero-order valence-electron chi connectivity index (χ0n) is 17.9. The fraction of sp³-hybridized carbons (Fsp3) is 0. The van der Waals surface area contributed by atoms with Crippen molar-refractivity contribution < 1.29 is 23.3 Å². The Morgan fingerprint density at radius 1 is 0.706 bits per heavy atom. The molecule has 4 aromatic carbocycles. The van der Waals surface area contributed by atoms with Gasteiger partial charge in [-0.2, -0.15) is 0 Å². The van der Waals surface area contributed by atoms with Crippen LogP contribution in [0.3, 0.4) is 0 Å². The second-order valence-electron chi connectivity index (χ2n) is 7.29. The second kappa shape index (κ2) is 10.5. The first-order valence-electron chi connectivity index (χ1n) is 10.3. The summed E-state index contributed by atoms with van der Waals surface area (Å²) < 4.78 is 22.5. The van der Waals surface area contributed by atoms with E-state index in [9.17, 15) is 14.3 Å². The Kier molecular flexibility index (Phi) is 7.29. The molecule has 0 saturated carbocycles. The largest absolute Gasteiger partial charge is 0.584 e. The number of para-hydroxylation sites is 1. The van der Waals surface area contributed by atoms with Gasteiger partial charge in [0.05, 0.1) is 0 Å². The van der Waals surface area contributed by atoms with Gasteiger partial charge in [-0.15, -0.1) is 0 Å². The third kappa shape index (κ3) is 6.24. The number of hydrogen-bond acceptors (Lipinski definition) is 4. The smallest absolute Gasteiger partial charge is 0.395 e. The van der Waals surface area contributed by atoms with Crippen molar-refractivity contribution in [2.24, 2.45) is 0 Å². The number of ketones is 1. The molecule has 1 N–H and O–H groups in total. The van der Waals surface area contributed by atoms with Crippen molar-refractivity contribution in [3.63, 3.8) is 0 Å². The number of phosphoric acid groups is 1. The van der Waals surface area contributed by atoms with Crippen molar-refractivity contribution in [1.82, 2.24) is 0 Å². The zero-order chi connectivity index (χ0) is 24.0. The molecule has 0 bridgehead atoms. The normalized spacial score (nSPS) is 13.1. The quantitative estimate of drug-likeness (QED) is 0.121. The number of carbonyl (C=O) groups is 1. The molecular formula is C27H20ClO5P. The summed E-state index contributed by atoms with van der Waals surface area (Å²) in [5.41, 5.74) is 2.49. The van der Waals surface area contributed by atoms with Gasteiger partial charge in [0, 0.05) is 16.2 Å². The number of phosphoric ester groups is 1. The summed E-state index contributed by atoms with van der Waals surface area (Å²) in [4.78, 5) is 23.4. The Balaban J connectivity index is 1.57. The van der Waals surface area contributed by atoms with Crippen LogP contribution in [0.2, 0.25) is 5.02 Å². The van der Waals surface area contributed by atoms with Crippen LogP contribution in [0.4, 0.5) is 0 Å². The number of allylic oxidation sites excluding steroid dienone is 1. The summed E-state index contributed by atoms with van der Waals surface area (Å²) in [6.07, 6.45) is 1.80. The Morgan fingerprint density at radius 3 is 1.82 bits per heavy atom. The van der Waals surface area contributed by atoms with E-state index in [0.29, 0.717) is 16.2 Å². The van der Waals surface area contributed by atoms with Crippen LogP contribution in [0, 0.1) is 0 Å². The molecule has 0 aliphatic heterocycles. The predicted molar refractivity (Wildman–Crippen MR) is 134 cm³/mol. The van der Waals surface area contributed by atoms with Gasteiger partial charge in [0.15, 0.2) is 5.78 Å². The van der Waals surface area contributed by atoms with Crippen LogP contribution >= 0.6 is 19.4 Å². The Morgan fingerprint density at radius 2 is 1.24 bits per heavy atom. The molecule has 0 fully saturated rings. The van der Waals surface area contributed by atoms with E-state index >= 15 is 0 Å². The minimum atomic E-state index is -4.40. The number of carbonyl (C=O) groups excluding carboxylic acids is 1. The third-order valence-electron chi connectivity index (χ3n) is 4.81. The van der Waals surface area contributed by atoms with Crippen LogP contribution in [0.25, 0.3) is 11.6 Å². The fourth-order valence-electron chi connectivity index (χ4n) is 3.21. The lowest BCUT2D eigenvalue weighted by atomic mass is 9.95. The van der Waals surface area contributed by atoms with Gasteiger partial charge < -0.3 is 9.05 Å². The van der Waals surface area contributed by atoms with E-state index in [1.807, 2.05) is 42.5 Å². The lowest BCUT2D eigenvalue weighted by Gasteiger charge is -2.14. The van der Waals surface area contributed by atoms with Crippen LogP contribution in [-0.4, -0.2) is 10.7 Å². The van der Waals surface area contributed by atoms with Gasteiger partial charge in [0.1, 0.15) is 11.5 Å². The topological polar surface area (TPSA) is 72.8 Å². The monoisotopic (exact) mass is 490 g/mol. The SMILES string of the molecule is O=C(C(=Cc1ccc(Cl)cc1)c1ccccc1)c1ccc(OP(=O)(O)Oc2ccccc2)cc1. The summed E-state index contributed by atoms with van der Waals surface area (Å²) in [5.74, 6) is 0.0987. The number of hydrogen-bond donors (Lipinski definition) is 1. The maximum atomic E-state index is 13.4. The molecule has 0 heterocycles. The van der Waals surface area contributed by atoms with Crippen molar-refractivity contribution in [1.29, 1.82) is 0 Å². The van der Waals surface area contributed by atoms with E-state index in [-0.39, 0.29) is 17.3 Å². The standard InChI is InChI=1S/C27H20ClO5P/c28-23-15-11-20(12-16-23)19-26(21-7-3-1-4-8-21)27(29)22-13-17-25(18-14-22)33-34(30,31)32-24-9-5-2-6-10-24/h1-19H,(H,30,31).